The third-order valence-electron chi connectivity index (χ3n) is 2.91. The monoisotopic (exact) mass is 298 g/mol. The number of fused-ring (bicyclic) bond motifs is 1. The molecule has 0 aliphatic heterocycles. The van der Waals surface area contributed by atoms with Gasteiger partial charge in [0, 0.05) is 11.6 Å². The highest BCUT2D eigenvalue weighted by atomic mass is 16.6. The lowest BCUT2D eigenvalue weighted by molar-refractivity contribution is -0.385. The Morgan fingerprint density at radius 3 is 2.77 bits per heavy atom. The molecule has 2 heterocycles. The summed E-state index contributed by atoms with van der Waals surface area (Å²) in [5.41, 5.74) is 2.28. The van der Waals surface area contributed by atoms with E-state index in [0.717, 1.165) is 11.7 Å². The fraction of sp³-hybridized carbons (Fsp3) is 0. The number of nitrogens with one attached hydrogen (secondary N) is 1. The molecular formula is C13H10N6O3. The number of nitrogens with two attached hydrogens (primary N) is 1. The molecule has 2 aromatic heterocycles. The molecule has 9 heteroatoms. The third kappa shape index (κ3) is 2.36. The number of pyridine rings is 1. The van der Waals surface area contributed by atoms with Crippen LogP contribution in [0.4, 0.5) is 11.5 Å². The van der Waals surface area contributed by atoms with E-state index in [-0.39, 0.29) is 11.7 Å². The number of benzene rings is 1. The summed E-state index contributed by atoms with van der Waals surface area (Å²) in [5, 5.41) is 12.0. The summed E-state index contributed by atoms with van der Waals surface area (Å²) in [4.78, 5) is 22.3. The number of ether oxygens (including phenoxy) is 1. The van der Waals surface area contributed by atoms with Crippen LogP contribution < -0.4 is 16.0 Å². The van der Waals surface area contributed by atoms with Gasteiger partial charge in [-0.05, 0) is 12.1 Å². The highest BCUT2D eigenvalue weighted by molar-refractivity contribution is 5.84. The number of anilines is 1. The van der Waals surface area contributed by atoms with Crippen molar-refractivity contribution in [2.45, 2.75) is 0 Å². The summed E-state index contributed by atoms with van der Waals surface area (Å²) in [6.45, 7) is 0. The van der Waals surface area contributed by atoms with Gasteiger partial charge in [-0.1, -0.05) is 18.2 Å². The molecule has 3 rings (SSSR count). The van der Waals surface area contributed by atoms with Gasteiger partial charge in [0.05, 0.1) is 4.92 Å². The molecule has 0 spiro atoms. The van der Waals surface area contributed by atoms with Crippen molar-refractivity contribution in [1.29, 1.82) is 0 Å². The zero-order chi connectivity index (χ0) is 15.5. The average Bonchev–Trinajstić information content (AvgIpc) is 2.54. The van der Waals surface area contributed by atoms with Crippen molar-refractivity contribution < 1.29 is 9.66 Å². The number of nitro groups is 1. The molecule has 3 N–H and O–H groups in total. The van der Waals surface area contributed by atoms with Gasteiger partial charge in [0.1, 0.15) is 11.8 Å². The molecule has 0 bridgehead atoms. The Labute approximate surface area is 123 Å². The van der Waals surface area contributed by atoms with Gasteiger partial charge in [0.25, 0.3) is 0 Å². The Balaban J connectivity index is 2.11. The highest BCUT2D eigenvalue weighted by Crippen LogP contribution is 2.35. The molecule has 0 saturated carbocycles. The fourth-order valence-electron chi connectivity index (χ4n) is 1.97. The van der Waals surface area contributed by atoms with Crippen LogP contribution in [-0.2, 0) is 0 Å². The number of aromatic nitrogens is 3. The van der Waals surface area contributed by atoms with E-state index in [0.29, 0.717) is 11.3 Å². The van der Waals surface area contributed by atoms with Gasteiger partial charge >= 0.3 is 11.6 Å². The molecule has 0 fully saturated rings. The quantitative estimate of drug-likeness (QED) is 0.425. The lowest BCUT2D eigenvalue weighted by atomic mass is 10.2. The number of hydrogen-bond donors (Lipinski definition) is 2. The maximum atomic E-state index is 11.2. The van der Waals surface area contributed by atoms with Crippen LogP contribution in [0.1, 0.15) is 0 Å². The van der Waals surface area contributed by atoms with Gasteiger partial charge < -0.3 is 10.2 Å². The van der Waals surface area contributed by atoms with E-state index in [1.165, 1.54) is 0 Å². The first-order valence-electron chi connectivity index (χ1n) is 6.18. The van der Waals surface area contributed by atoms with Crippen LogP contribution in [0.5, 0.6) is 11.6 Å². The van der Waals surface area contributed by atoms with E-state index in [2.05, 4.69) is 20.4 Å². The van der Waals surface area contributed by atoms with Crippen molar-refractivity contribution in [3.05, 3.63) is 53.0 Å². The molecule has 0 saturated heterocycles. The molecule has 110 valence electrons. The van der Waals surface area contributed by atoms with Crippen molar-refractivity contribution >= 4 is 22.4 Å². The Bertz CT molecular complexity index is 849. The van der Waals surface area contributed by atoms with Crippen LogP contribution in [0.3, 0.4) is 0 Å². The molecule has 0 amide bonds. The van der Waals surface area contributed by atoms with Crippen molar-refractivity contribution in [2.75, 3.05) is 5.43 Å². The third-order valence-corrected chi connectivity index (χ3v) is 2.91. The summed E-state index contributed by atoms with van der Waals surface area (Å²) in [7, 11) is 0. The fourth-order valence-corrected chi connectivity index (χ4v) is 1.97. The van der Waals surface area contributed by atoms with Gasteiger partial charge in [-0.2, -0.15) is 4.98 Å². The molecule has 0 atom stereocenters. The van der Waals surface area contributed by atoms with Gasteiger partial charge in [-0.25, -0.2) is 10.8 Å². The van der Waals surface area contributed by atoms with Crippen molar-refractivity contribution in [3.8, 4) is 11.6 Å². The minimum atomic E-state index is -0.664. The predicted octanol–water partition coefficient (Wildman–Crippen LogP) is 2.01. The normalized spacial score (nSPS) is 10.4. The summed E-state index contributed by atoms with van der Waals surface area (Å²) in [6.07, 6.45) is 2.73. The van der Waals surface area contributed by atoms with E-state index in [1.807, 2.05) is 12.1 Å². The van der Waals surface area contributed by atoms with Crippen LogP contribution >= 0.6 is 0 Å². The highest BCUT2D eigenvalue weighted by Gasteiger charge is 2.25. The van der Waals surface area contributed by atoms with Gasteiger partial charge in [0.15, 0.2) is 5.75 Å². The topological polar surface area (TPSA) is 129 Å². The molecular weight excluding hydrogens is 288 g/mol. The molecule has 3 aromatic rings. The van der Waals surface area contributed by atoms with Crippen molar-refractivity contribution in [2.24, 2.45) is 5.84 Å². The van der Waals surface area contributed by atoms with Crippen LogP contribution in [0.25, 0.3) is 10.9 Å². The Hall–Kier alpha value is -3.33. The maximum Gasteiger partial charge on any atom is 0.374 e. The predicted molar refractivity (Wildman–Crippen MR) is 78.3 cm³/mol. The van der Waals surface area contributed by atoms with Crippen molar-refractivity contribution in [1.82, 2.24) is 15.0 Å². The number of nitrogens with zero attached hydrogens (tertiary/aromatic N) is 4. The first kappa shape index (κ1) is 13.6. The second-order valence-corrected chi connectivity index (χ2v) is 4.21. The zero-order valence-corrected chi connectivity index (χ0v) is 11.1. The van der Waals surface area contributed by atoms with Crippen LogP contribution in [0.15, 0.2) is 42.9 Å². The lowest BCUT2D eigenvalue weighted by Gasteiger charge is -2.08. The molecule has 0 aliphatic rings. The molecule has 9 nitrogen and oxygen atoms in total. The van der Waals surface area contributed by atoms with Gasteiger partial charge in [-0.3, -0.25) is 15.1 Å². The molecule has 0 aliphatic carbocycles. The average molecular weight is 298 g/mol. The standard InChI is InChI=1S/C13H10N6O3/c14-18-12-11(19(20)21)13(17-7-16-12)22-9-5-1-3-8-4-2-6-15-10(8)9/h1-7H,14H2,(H,16,17,18). The first-order chi connectivity index (χ1) is 10.7. The number of nitrogen functional groups attached to an aromatic ring is 1. The van der Waals surface area contributed by atoms with E-state index in [9.17, 15) is 10.1 Å². The van der Waals surface area contributed by atoms with E-state index < -0.39 is 10.6 Å². The number of hydrazine groups is 1. The smallest absolute Gasteiger partial charge is 0.374 e. The molecule has 0 unspecified atom stereocenters. The van der Waals surface area contributed by atoms with Crippen LogP contribution in [0.2, 0.25) is 0 Å². The van der Waals surface area contributed by atoms with Crippen molar-refractivity contribution in [3.63, 3.8) is 0 Å². The lowest BCUT2D eigenvalue weighted by Crippen LogP contribution is -2.12. The Morgan fingerprint density at radius 2 is 2.00 bits per heavy atom. The second kappa shape index (κ2) is 5.58. The zero-order valence-electron chi connectivity index (χ0n) is 11.1. The summed E-state index contributed by atoms with van der Waals surface area (Å²) in [5.74, 6) is 5.23. The van der Waals surface area contributed by atoms with Gasteiger partial charge in [0.2, 0.25) is 5.82 Å². The van der Waals surface area contributed by atoms with E-state index in [1.54, 1.807) is 24.4 Å². The summed E-state index contributed by atoms with van der Waals surface area (Å²) >= 11 is 0. The van der Waals surface area contributed by atoms with E-state index >= 15 is 0 Å². The SMILES string of the molecule is NNc1ncnc(Oc2cccc3cccnc23)c1[N+](=O)[O-]. The van der Waals surface area contributed by atoms with Crippen LogP contribution in [-0.4, -0.2) is 19.9 Å². The minimum absolute atomic E-state index is 0.136. The summed E-state index contributed by atoms with van der Waals surface area (Å²) < 4.78 is 5.58. The number of rotatable bonds is 4. The molecule has 22 heavy (non-hydrogen) atoms. The molecule has 1 aromatic carbocycles. The van der Waals surface area contributed by atoms with E-state index in [4.69, 9.17) is 10.6 Å². The Kier molecular flexibility index (Phi) is 3.46. The number of hydrogen-bond acceptors (Lipinski definition) is 8. The Morgan fingerprint density at radius 1 is 1.18 bits per heavy atom. The maximum absolute atomic E-state index is 11.2. The summed E-state index contributed by atoms with van der Waals surface area (Å²) in [6, 6.07) is 8.91. The van der Waals surface area contributed by atoms with Crippen LogP contribution in [0, 0.1) is 10.1 Å². The molecule has 0 radical (unpaired) electrons. The minimum Gasteiger partial charge on any atom is -0.431 e. The first-order valence-corrected chi connectivity index (χ1v) is 6.18. The van der Waals surface area contributed by atoms with Gasteiger partial charge in [-0.15, -0.1) is 0 Å². The second-order valence-electron chi connectivity index (χ2n) is 4.21. The largest absolute Gasteiger partial charge is 0.431 e. The number of para-hydroxylation sites is 1.